The Kier molecular flexibility index (Phi) is 8.05. The predicted molar refractivity (Wildman–Crippen MR) is 48.6 cm³/mol. The molecule has 0 radical (unpaired) electrons. The fourth-order valence-corrected chi connectivity index (χ4v) is 1.27. The van der Waals surface area contributed by atoms with Crippen LogP contribution in [-0.4, -0.2) is 41.0 Å². The van der Waals surface area contributed by atoms with E-state index in [2.05, 4.69) is 0 Å². The molecule has 0 aliphatic rings. The van der Waals surface area contributed by atoms with Crippen molar-refractivity contribution in [3.8, 4) is 0 Å². The third-order valence-electron chi connectivity index (χ3n) is 1.04. The van der Waals surface area contributed by atoms with E-state index in [9.17, 15) is 0 Å². The van der Waals surface area contributed by atoms with Gasteiger partial charge in [0.1, 0.15) is 0 Å². The number of rotatable bonds is 6. The highest BCUT2D eigenvalue weighted by Crippen LogP contribution is 2.02. The molecule has 0 saturated heterocycles. The molecule has 0 aromatic heterocycles. The highest BCUT2D eigenvalue weighted by Gasteiger charge is 1.98. The Labute approximate surface area is 71.3 Å². The van der Waals surface area contributed by atoms with Gasteiger partial charge in [-0.15, -0.1) is 0 Å². The third-order valence-corrected chi connectivity index (χ3v) is 2.09. The molecule has 0 heterocycles. The van der Waals surface area contributed by atoms with E-state index in [0.717, 1.165) is 5.75 Å². The van der Waals surface area contributed by atoms with E-state index in [1.165, 1.54) is 0 Å². The summed E-state index contributed by atoms with van der Waals surface area (Å²) in [5.41, 5.74) is 5.21. The van der Waals surface area contributed by atoms with E-state index < -0.39 is 6.10 Å². The number of hydrogen-bond acceptors (Lipinski definition) is 4. The number of nitrogens with two attached hydrogens (primary N) is 1. The highest BCUT2D eigenvalue weighted by atomic mass is 32.2. The molecule has 0 aromatic rings. The van der Waals surface area contributed by atoms with Crippen molar-refractivity contribution in [3.05, 3.63) is 12.2 Å². The topological polar surface area (TPSA) is 66.5 Å². The monoisotopic (exact) mass is 177 g/mol. The normalized spacial score (nSPS) is 14.1. The molecule has 0 saturated carbocycles. The molecule has 1 unspecified atom stereocenters. The van der Waals surface area contributed by atoms with Crippen LogP contribution >= 0.6 is 11.8 Å². The molecule has 3 nitrogen and oxygen atoms in total. The van der Waals surface area contributed by atoms with Gasteiger partial charge < -0.3 is 15.9 Å². The molecule has 0 bridgehead atoms. The molecule has 0 aliphatic heterocycles. The lowest BCUT2D eigenvalue weighted by Gasteiger charge is -2.03. The maximum atomic E-state index is 8.89. The molecular weight excluding hydrogens is 162 g/mol. The molecule has 11 heavy (non-hydrogen) atoms. The van der Waals surface area contributed by atoms with Gasteiger partial charge in [-0.25, -0.2) is 0 Å². The maximum absolute atomic E-state index is 8.89. The van der Waals surface area contributed by atoms with Crippen LogP contribution in [0, 0.1) is 0 Å². The molecule has 0 amide bonds. The minimum absolute atomic E-state index is 0.159. The Balaban J connectivity index is 3.07. The molecule has 0 aromatic carbocycles. The third kappa shape index (κ3) is 7.87. The zero-order valence-corrected chi connectivity index (χ0v) is 7.26. The summed E-state index contributed by atoms with van der Waals surface area (Å²) >= 11 is 1.57. The van der Waals surface area contributed by atoms with Crippen LogP contribution in [0.5, 0.6) is 0 Å². The van der Waals surface area contributed by atoms with Gasteiger partial charge in [0.05, 0.1) is 12.7 Å². The Bertz CT molecular complexity index is 109. The summed E-state index contributed by atoms with van der Waals surface area (Å²) in [6, 6.07) is 0. The quantitative estimate of drug-likeness (QED) is 0.381. The summed E-state index contributed by atoms with van der Waals surface area (Å²) in [4.78, 5) is 0. The number of aliphatic hydroxyl groups is 2. The van der Waals surface area contributed by atoms with Crippen molar-refractivity contribution in [2.24, 2.45) is 5.73 Å². The summed E-state index contributed by atoms with van der Waals surface area (Å²) in [5.74, 6) is 1.42. The second-order valence-electron chi connectivity index (χ2n) is 2.08. The summed E-state index contributed by atoms with van der Waals surface area (Å²) in [7, 11) is 0. The zero-order chi connectivity index (χ0) is 8.53. The van der Waals surface area contributed by atoms with Gasteiger partial charge in [0.25, 0.3) is 0 Å². The minimum atomic E-state index is -0.591. The smallest absolute Gasteiger partial charge is 0.0861 e. The van der Waals surface area contributed by atoms with Crippen LogP contribution in [-0.2, 0) is 0 Å². The van der Waals surface area contributed by atoms with Crippen LogP contribution in [0.25, 0.3) is 0 Å². The Morgan fingerprint density at radius 1 is 1.45 bits per heavy atom. The van der Waals surface area contributed by atoms with Crippen LogP contribution in [0.15, 0.2) is 12.2 Å². The van der Waals surface area contributed by atoms with Crippen LogP contribution in [0.3, 0.4) is 0 Å². The van der Waals surface area contributed by atoms with Gasteiger partial charge in [-0.3, -0.25) is 0 Å². The van der Waals surface area contributed by atoms with Gasteiger partial charge in [0.15, 0.2) is 0 Å². The number of aliphatic hydroxyl groups excluding tert-OH is 2. The molecule has 4 heteroatoms. The highest BCUT2D eigenvalue weighted by molar-refractivity contribution is 7.99. The van der Waals surface area contributed by atoms with E-state index in [1.54, 1.807) is 11.8 Å². The summed E-state index contributed by atoms with van der Waals surface area (Å²) in [6.07, 6.45) is 3.24. The van der Waals surface area contributed by atoms with Crippen molar-refractivity contribution in [2.45, 2.75) is 6.10 Å². The first-order valence-electron chi connectivity index (χ1n) is 3.53. The van der Waals surface area contributed by atoms with Crippen molar-refractivity contribution in [2.75, 3.05) is 24.7 Å². The van der Waals surface area contributed by atoms with Gasteiger partial charge >= 0.3 is 0 Å². The first kappa shape index (κ1) is 11.0. The Morgan fingerprint density at radius 3 is 2.73 bits per heavy atom. The molecule has 0 fully saturated rings. The lowest BCUT2D eigenvalue weighted by Crippen LogP contribution is -2.14. The maximum Gasteiger partial charge on any atom is 0.0861 e. The molecule has 0 aliphatic carbocycles. The second-order valence-corrected chi connectivity index (χ2v) is 3.16. The first-order valence-corrected chi connectivity index (χ1v) is 4.68. The zero-order valence-electron chi connectivity index (χ0n) is 6.44. The van der Waals surface area contributed by atoms with Crippen LogP contribution in [0.2, 0.25) is 0 Å². The van der Waals surface area contributed by atoms with E-state index in [4.69, 9.17) is 15.9 Å². The number of hydrogen-bond donors (Lipinski definition) is 3. The van der Waals surface area contributed by atoms with Crippen LogP contribution in [0.1, 0.15) is 0 Å². The Morgan fingerprint density at radius 2 is 2.18 bits per heavy atom. The molecule has 66 valence electrons. The first-order chi connectivity index (χ1) is 5.31. The second kappa shape index (κ2) is 8.07. The predicted octanol–water partition coefficient (Wildman–Crippen LogP) is -0.412. The minimum Gasteiger partial charge on any atom is -0.394 e. The fourth-order valence-electron chi connectivity index (χ4n) is 0.489. The SMILES string of the molecule is NCC=CCSCC(O)CO. The largest absolute Gasteiger partial charge is 0.394 e. The van der Waals surface area contributed by atoms with Gasteiger partial charge in [-0.2, -0.15) is 11.8 Å². The molecular formula is C7H15NO2S. The lowest BCUT2D eigenvalue weighted by atomic mass is 10.4. The van der Waals surface area contributed by atoms with Crippen molar-refractivity contribution in [1.29, 1.82) is 0 Å². The standard InChI is InChI=1S/C7H15NO2S/c8-3-1-2-4-11-6-7(10)5-9/h1-2,7,9-10H,3-6,8H2. The van der Waals surface area contributed by atoms with Crippen molar-refractivity contribution in [1.82, 2.24) is 0 Å². The van der Waals surface area contributed by atoms with E-state index in [-0.39, 0.29) is 6.61 Å². The van der Waals surface area contributed by atoms with Crippen molar-refractivity contribution < 1.29 is 10.2 Å². The van der Waals surface area contributed by atoms with Gasteiger partial charge in [0.2, 0.25) is 0 Å². The Hall–Kier alpha value is -0.0300. The van der Waals surface area contributed by atoms with E-state index >= 15 is 0 Å². The number of thioether (sulfide) groups is 1. The molecule has 1 atom stereocenters. The van der Waals surface area contributed by atoms with Gasteiger partial charge in [-0.1, -0.05) is 12.2 Å². The molecule has 0 spiro atoms. The summed E-state index contributed by atoms with van der Waals surface area (Å²) in [6.45, 7) is 0.400. The van der Waals surface area contributed by atoms with Crippen LogP contribution in [0.4, 0.5) is 0 Å². The molecule has 0 rings (SSSR count). The summed E-state index contributed by atoms with van der Waals surface area (Å²) < 4.78 is 0. The van der Waals surface area contributed by atoms with Crippen molar-refractivity contribution in [3.63, 3.8) is 0 Å². The van der Waals surface area contributed by atoms with Crippen LogP contribution < -0.4 is 5.73 Å². The average Bonchev–Trinajstić information content (AvgIpc) is 2.04. The van der Waals surface area contributed by atoms with E-state index in [1.807, 2.05) is 12.2 Å². The fraction of sp³-hybridized carbons (Fsp3) is 0.714. The summed E-state index contributed by atoms with van der Waals surface area (Å²) in [5, 5.41) is 17.3. The van der Waals surface area contributed by atoms with Gasteiger partial charge in [0, 0.05) is 18.1 Å². The van der Waals surface area contributed by atoms with Crippen molar-refractivity contribution >= 4 is 11.8 Å². The average molecular weight is 177 g/mol. The van der Waals surface area contributed by atoms with E-state index in [0.29, 0.717) is 12.3 Å². The lowest BCUT2D eigenvalue weighted by molar-refractivity contribution is 0.113. The molecule has 4 N–H and O–H groups in total. The van der Waals surface area contributed by atoms with Gasteiger partial charge in [-0.05, 0) is 0 Å².